The number of H-pyrrole nitrogens is 1. The second kappa shape index (κ2) is 4.79. The van der Waals surface area contributed by atoms with Crippen molar-refractivity contribution in [1.29, 1.82) is 0 Å². The lowest BCUT2D eigenvalue weighted by molar-refractivity contribution is -0.115. The van der Waals surface area contributed by atoms with E-state index in [1.54, 1.807) is 6.92 Å². The summed E-state index contributed by atoms with van der Waals surface area (Å²) in [6.07, 6.45) is 0.118. The van der Waals surface area contributed by atoms with Gasteiger partial charge in [0.25, 0.3) is 0 Å². The number of carboxylic acids is 1. The number of amides is 1. The zero-order chi connectivity index (χ0) is 11.4. The van der Waals surface area contributed by atoms with Gasteiger partial charge in [0.2, 0.25) is 5.91 Å². The number of hydrogen-bond acceptors (Lipinski definition) is 3. The fourth-order valence-corrected chi connectivity index (χ4v) is 1.23. The summed E-state index contributed by atoms with van der Waals surface area (Å²) in [5.74, 6) is -1.30. The number of aromatic nitrogens is 2. The van der Waals surface area contributed by atoms with Gasteiger partial charge in [-0.1, -0.05) is 0 Å². The van der Waals surface area contributed by atoms with Gasteiger partial charge in [0.1, 0.15) is 5.56 Å². The Morgan fingerprint density at radius 1 is 1.60 bits per heavy atom. The molecule has 0 fully saturated rings. The molecule has 0 aromatic carbocycles. The molecule has 0 atom stereocenters. The molecule has 0 bridgehead atoms. The van der Waals surface area contributed by atoms with Gasteiger partial charge in [-0.2, -0.15) is 5.10 Å². The number of carbonyl (C=O) groups excluding carboxylic acids is 1. The number of aromatic carboxylic acids is 1. The fourth-order valence-electron chi connectivity index (χ4n) is 1.06. The minimum Gasteiger partial charge on any atom is -0.477 e. The summed E-state index contributed by atoms with van der Waals surface area (Å²) in [5, 5.41) is 17.4. The van der Waals surface area contributed by atoms with Gasteiger partial charge in [0.15, 0.2) is 5.82 Å². The Labute approximate surface area is 90.6 Å². The predicted octanol–water partition coefficient (Wildman–Crippen LogP) is 0.984. The van der Waals surface area contributed by atoms with Gasteiger partial charge in [0, 0.05) is 18.0 Å². The van der Waals surface area contributed by atoms with E-state index in [1.807, 2.05) is 0 Å². The number of nitrogens with zero attached hydrogens (tertiary/aromatic N) is 1. The van der Waals surface area contributed by atoms with Crippen LogP contribution in [0.3, 0.4) is 0 Å². The van der Waals surface area contributed by atoms with Crippen molar-refractivity contribution in [3.05, 3.63) is 11.3 Å². The van der Waals surface area contributed by atoms with Gasteiger partial charge in [-0.15, -0.1) is 11.6 Å². The maximum atomic E-state index is 11.2. The smallest absolute Gasteiger partial charge is 0.341 e. The van der Waals surface area contributed by atoms with Crippen molar-refractivity contribution in [2.75, 3.05) is 11.2 Å². The maximum Gasteiger partial charge on any atom is 0.341 e. The van der Waals surface area contributed by atoms with Gasteiger partial charge in [-0.25, -0.2) is 4.79 Å². The van der Waals surface area contributed by atoms with Crippen LogP contribution in [0.1, 0.15) is 22.5 Å². The van der Waals surface area contributed by atoms with Crippen LogP contribution in [0.4, 0.5) is 5.82 Å². The number of carboxylic acid groups (broad SMARTS) is 1. The number of hydrogen-bond donors (Lipinski definition) is 3. The zero-order valence-corrected chi connectivity index (χ0v) is 8.76. The molecule has 1 aromatic heterocycles. The summed E-state index contributed by atoms with van der Waals surface area (Å²) in [6.45, 7) is 1.56. The van der Waals surface area contributed by atoms with E-state index in [1.165, 1.54) is 0 Å². The third kappa shape index (κ3) is 2.69. The van der Waals surface area contributed by atoms with E-state index in [2.05, 4.69) is 15.5 Å². The molecule has 3 N–H and O–H groups in total. The van der Waals surface area contributed by atoms with E-state index in [4.69, 9.17) is 16.7 Å². The standard InChI is InChI=1S/C8H10ClN3O3/c1-4-6(8(14)15)7(12-11-4)10-5(13)2-3-9/h2-3H2,1H3,(H,14,15)(H2,10,11,12,13). The number of aromatic amines is 1. The van der Waals surface area contributed by atoms with Crippen LogP contribution >= 0.6 is 11.6 Å². The first-order chi connectivity index (χ1) is 7.06. The quantitative estimate of drug-likeness (QED) is 0.674. The van der Waals surface area contributed by atoms with Crippen LogP contribution < -0.4 is 5.32 Å². The van der Waals surface area contributed by atoms with E-state index in [0.717, 1.165) is 0 Å². The molecule has 1 amide bonds. The molecule has 0 saturated heterocycles. The topological polar surface area (TPSA) is 95.1 Å². The minimum absolute atomic E-state index is 0.0233. The van der Waals surface area contributed by atoms with Gasteiger partial charge in [-0.05, 0) is 6.92 Å². The highest BCUT2D eigenvalue weighted by Gasteiger charge is 2.18. The van der Waals surface area contributed by atoms with Gasteiger partial charge in [-0.3, -0.25) is 9.89 Å². The molecular weight excluding hydrogens is 222 g/mol. The maximum absolute atomic E-state index is 11.2. The summed E-state index contributed by atoms with van der Waals surface area (Å²) < 4.78 is 0. The number of nitrogens with one attached hydrogen (secondary N) is 2. The van der Waals surface area contributed by atoms with Crippen molar-refractivity contribution >= 4 is 29.3 Å². The lowest BCUT2D eigenvalue weighted by Crippen LogP contribution is -2.14. The van der Waals surface area contributed by atoms with E-state index in [0.29, 0.717) is 5.69 Å². The van der Waals surface area contributed by atoms with Crippen LogP contribution in [0.5, 0.6) is 0 Å². The number of anilines is 1. The summed E-state index contributed by atoms with van der Waals surface area (Å²) in [5.41, 5.74) is 0.363. The van der Waals surface area contributed by atoms with Crippen LogP contribution in [0.25, 0.3) is 0 Å². The molecule has 0 unspecified atom stereocenters. The van der Waals surface area contributed by atoms with Crippen molar-refractivity contribution < 1.29 is 14.7 Å². The molecule has 0 spiro atoms. The molecule has 7 heteroatoms. The van der Waals surface area contributed by atoms with Crippen LogP contribution in [-0.2, 0) is 4.79 Å². The third-order valence-electron chi connectivity index (χ3n) is 1.74. The Hall–Kier alpha value is -1.56. The number of rotatable bonds is 4. The van der Waals surface area contributed by atoms with Crippen molar-refractivity contribution in [3.63, 3.8) is 0 Å². The largest absolute Gasteiger partial charge is 0.477 e. The lowest BCUT2D eigenvalue weighted by Gasteiger charge is -2.00. The lowest BCUT2D eigenvalue weighted by atomic mass is 10.2. The van der Waals surface area contributed by atoms with E-state index >= 15 is 0 Å². The van der Waals surface area contributed by atoms with Crippen LogP contribution in [0.15, 0.2) is 0 Å². The first-order valence-corrected chi connectivity index (χ1v) is 4.73. The summed E-state index contributed by atoms with van der Waals surface area (Å²) in [6, 6.07) is 0. The van der Waals surface area contributed by atoms with E-state index in [9.17, 15) is 9.59 Å². The normalized spacial score (nSPS) is 10.0. The summed E-state index contributed by atoms with van der Waals surface area (Å²) >= 11 is 5.36. The summed E-state index contributed by atoms with van der Waals surface area (Å²) in [4.78, 5) is 22.0. The van der Waals surface area contributed by atoms with Crippen LogP contribution in [0.2, 0.25) is 0 Å². The first kappa shape index (κ1) is 11.5. The molecule has 0 aliphatic heterocycles. The average molecular weight is 232 g/mol. The van der Waals surface area contributed by atoms with Crippen LogP contribution in [0, 0.1) is 6.92 Å². The monoisotopic (exact) mass is 231 g/mol. The molecule has 82 valence electrons. The highest BCUT2D eigenvalue weighted by Crippen LogP contribution is 2.15. The molecule has 15 heavy (non-hydrogen) atoms. The van der Waals surface area contributed by atoms with Crippen molar-refractivity contribution in [2.24, 2.45) is 0 Å². The Morgan fingerprint density at radius 2 is 2.27 bits per heavy atom. The molecule has 0 radical (unpaired) electrons. The van der Waals surface area contributed by atoms with Crippen molar-refractivity contribution in [2.45, 2.75) is 13.3 Å². The van der Waals surface area contributed by atoms with Gasteiger partial charge in [0.05, 0.1) is 0 Å². The number of aryl methyl sites for hydroxylation is 1. The van der Waals surface area contributed by atoms with Gasteiger partial charge < -0.3 is 10.4 Å². The second-order valence-electron chi connectivity index (χ2n) is 2.86. The van der Waals surface area contributed by atoms with Crippen molar-refractivity contribution in [1.82, 2.24) is 10.2 Å². The number of carbonyl (C=O) groups is 2. The third-order valence-corrected chi connectivity index (χ3v) is 1.93. The molecule has 1 rings (SSSR count). The molecule has 0 aliphatic rings. The highest BCUT2D eigenvalue weighted by molar-refractivity contribution is 6.19. The molecular formula is C8H10ClN3O3. The number of alkyl halides is 1. The molecule has 0 aliphatic carbocycles. The van der Waals surface area contributed by atoms with E-state index < -0.39 is 5.97 Å². The Bertz CT molecular complexity index is 388. The van der Waals surface area contributed by atoms with Crippen molar-refractivity contribution in [3.8, 4) is 0 Å². The SMILES string of the molecule is Cc1[nH]nc(NC(=O)CCCl)c1C(=O)O. The van der Waals surface area contributed by atoms with Crippen LogP contribution in [-0.4, -0.2) is 33.1 Å². The first-order valence-electron chi connectivity index (χ1n) is 4.20. The average Bonchev–Trinajstić information content (AvgIpc) is 2.47. The summed E-state index contributed by atoms with van der Waals surface area (Å²) in [7, 11) is 0. The highest BCUT2D eigenvalue weighted by atomic mass is 35.5. The second-order valence-corrected chi connectivity index (χ2v) is 3.24. The van der Waals surface area contributed by atoms with Gasteiger partial charge >= 0.3 is 5.97 Å². The molecule has 1 heterocycles. The molecule has 0 saturated carbocycles. The number of halogens is 1. The molecule has 6 nitrogen and oxygen atoms in total. The fraction of sp³-hybridized carbons (Fsp3) is 0.375. The zero-order valence-electron chi connectivity index (χ0n) is 8.00. The minimum atomic E-state index is -1.14. The Balaban J connectivity index is 2.86. The van der Waals surface area contributed by atoms with E-state index in [-0.39, 0.29) is 29.6 Å². The predicted molar refractivity (Wildman–Crippen MR) is 54.3 cm³/mol. The Morgan fingerprint density at radius 3 is 2.80 bits per heavy atom. The Kier molecular flexibility index (Phi) is 3.68. The molecule has 1 aromatic rings.